The van der Waals surface area contributed by atoms with Crippen molar-refractivity contribution in [3.63, 3.8) is 0 Å². The summed E-state index contributed by atoms with van der Waals surface area (Å²) in [5, 5.41) is 9.68. The molecule has 6 heteroatoms. The Kier molecular flexibility index (Phi) is 10.8. The van der Waals surface area contributed by atoms with E-state index in [-0.39, 0.29) is 34.6 Å². The van der Waals surface area contributed by atoms with Crippen molar-refractivity contribution in [1.82, 2.24) is 0 Å². The Morgan fingerprint density at radius 2 is 1.56 bits per heavy atom. The maximum Gasteiger partial charge on any atom is 0.335 e. The first kappa shape index (κ1) is 28.2. The summed E-state index contributed by atoms with van der Waals surface area (Å²) in [4.78, 5) is 11.9. The molecule has 1 unspecified atom stereocenters. The van der Waals surface area contributed by atoms with E-state index in [0.29, 0.717) is 5.92 Å². The molecular weight excluding hydrogens is 468 g/mol. The van der Waals surface area contributed by atoms with Gasteiger partial charge in [0.1, 0.15) is 6.17 Å². The van der Waals surface area contributed by atoms with Crippen LogP contribution in [-0.4, -0.2) is 17.2 Å². The highest BCUT2D eigenvalue weighted by Crippen LogP contribution is 2.37. The van der Waals surface area contributed by atoms with Gasteiger partial charge >= 0.3 is 5.97 Å². The third kappa shape index (κ3) is 7.57. The zero-order valence-electron chi connectivity index (χ0n) is 21.2. The molecular formula is C30H38F4O2. The minimum absolute atomic E-state index is 0.00453. The molecule has 1 atom stereocenters. The van der Waals surface area contributed by atoms with Gasteiger partial charge in [-0.1, -0.05) is 83.3 Å². The summed E-state index contributed by atoms with van der Waals surface area (Å²) >= 11 is 0. The molecule has 1 N–H and O–H groups in total. The fraction of sp³-hybridized carbons (Fsp3) is 0.567. The molecule has 0 bridgehead atoms. The number of halogens is 4. The zero-order chi connectivity index (χ0) is 26.1. The molecule has 1 saturated carbocycles. The molecule has 3 rings (SSSR count). The van der Waals surface area contributed by atoms with Crippen LogP contribution in [0.2, 0.25) is 0 Å². The van der Waals surface area contributed by atoms with Gasteiger partial charge in [0.15, 0.2) is 17.5 Å². The van der Waals surface area contributed by atoms with Gasteiger partial charge in [-0.25, -0.2) is 22.4 Å². The second kappa shape index (κ2) is 13.8. The third-order valence-electron chi connectivity index (χ3n) is 7.72. The summed E-state index contributed by atoms with van der Waals surface area (Å²) in [5.41, 5.74) is 0.291. The maximum atomic E-state index is 15.5. The van der Waals surface area contributed by atoms with E-state index in [1.807, 2.05) is 0 Å². The summed E-state index contributed by atoms with van der Waals surface area (Å²) in [6.45, 7) is 2.22. The summed E-state index contributed by atoms with van der Waals surface area (Å²) in [6, 6.07) is 5.96. The van der Waals surface area contributed by atoms with Crippen LogP contribution in [0.1, 0.15) is 99.9 Å². The van der Waals surface area contributed by atoms with Crippen molar-refractivity contribution >= 4 is 5.97 Å². The zero-order valence-corrected chi connectivity index (χ0v) is 21.2. The number of benzene rings is 2. The van der Waals surface area contributed by atoms with Crippen LogP contribution in [0.4, 0.5) is 17.6 Å². The topological polar surface area (TPSA) is 37.3 Å². The van der Waals surface area contributed by atoms with Crippen LogP contribution in [0.25, 0.3) is 11.1 Å². The number of carboxylic acid groups (broad SMARTS) is 1. The van der Waals surface area contributed by atoms with E-state index in [4.69, 9.17) is 0 Å². The van der Waals surface area contributed by atoms with Gasteiger partial charge in [-0.05, 0) is 59.6 Å². The molecule has 0 saturated heterocycles. The average Bonchev–Trinajstić information content (AvgIpc) is 2.86. The fourth-order valence-electron chi connectivity index (χ4n) is 5.58. The lowest BCUT2D eigenvalue weighted by molar-refractivity contribution is 0.0694. The Labute approximate surface area is 212 Å². The second-order valence-corrected chi connectivity index (χ2v) is 10.3. The highest BCUT2D eigenvalue weighted by atomic mass is 19.2. The second-order valence-electron chi connectivity index (χ2n) is 10.3. The van der Waals surface area contributed by atoms with Crippen LogP contribution in [0.3, 0.4) is 0 Å². The summed E-state index contributed by atoms with van der Waals surface area (Å²) < 4.78 is 56.8. The molecule has 2 nitrogen and oxygen atoms in total. The first-order valence-corrected chi connectivity index (χ1v) is 13.5. The molecule has 0 amide bonds. The molecule has 0 heterocycles. The van der Waals surface area contributed by atoms with E-state index in [1.165, 1.54) is 69.6 Å². The first-order chi connectivity index (χ1) is 17.3. The highest BCUT2D eigenvalue weighted by Gasteiger charge is 2.30. The largest absolute Gasteiger partial charge is 0.478 e. The van der Waals surface area contributed by atoms with Gasteiger partial charge in [-0.3, -0.25) is 0 Å². The lowest BCUT2D eigenvalue weighted by Crippen LogP contribution is -2.25. The number of unbranched alkanes of at least 4 members (excludes halogenated alkanes) is 6. The molecule has 36 heavy (non-hydrogen) atoms. The summed E-state index contributed by atoms with van der Waals surface area (Å²) in [5.74, 6) is -5.12. The molecule has 0 aliphatic heterocycles. The van der Waals surface area contributed by atoms with Crippen LogP contribution in [0, 0.1) is 29.3 Å². The van der Waals surface area contributed by atoms with Crippen molar-refractivity contribution in [1.29, 1.82) is 0 Å². The number of carboxylic acids is 1. The molecule has 0 radical (unpaired) electrons. The van der Waals surface area contributed by atoms with Crippen molar-refractivity contribution in [2.45, 2.75) is 96.6 Å². The Morgan fingerprint density at radius 1 is 0.944 bits per heavy atom. The Bertz CT molecular complexity index is 975. The van der Waals surface area contributed by atoms with Crippen LogP contribution in [-0.2, 0) is 6.42 Å². The van der Waals surface area contributed by atoms with Crippen molar-refractivity contribution in [2.24, 2.45) is 11.8 Å². The van der Waals surface area contributed by atoms with E-state index in [1.54, 1.807) is 0 Å². The molecule has 198 valence electrons. The van der Waals surface area contributed by atoms with E-state index in [9.17, 15) is 23.1 Å². The SMILES string of the molecule is CCCCCCCCC[C@H]1CC[C@H](C(F)Cc2c(C(=O)O)cccc2-c2cc(F)c(F)c(F)c2)CC1. The summed E-state index contributed by atoms with van der Waals surface area (Å²) in [6.07, 6.45) is 12.2. The Hall–Kier alpha value is -2.37. The van der Waals surface area contributed by atoms with Gasteiger partial charge in [0.05, 0.1) is 5.56 Å². The molecule has 1 aliphatic carbocycles. The molecule has 1 fully saturated rings. The molecule has 0 spiro atoms. The van der Waals surface area contributed by atoms with Gasteiger partial charge in [0.2, 0.25) is 0 Å². The van der Waals surface area contributed by atoms with E-state index in [0.717, 1.165) is 37.8 Å². The predicted octanol–water partition coefficient (Wildman–Crippen LogP) is 9.30. The molecule has 0 aromatic heterocycles. The van der Waals surface area contributed by atoms with Crippen molar-refractivity contribution in [2.75, 3.05) is 0 Å². The van der Waals surface area contributed by atoms with Gasteiger partial charge in [-0.2, -0.15) is 0 Å². The Morgan fingerprint density at radius 3 is 2.17 bits per heavy atom. The van der Waals surface area contributed by atoms with E-state index >= 15 is 4.39 Å². The average molecular weight is 507 g/mol. The van der Waals surface area contributed by atoms with Crippen molar-refractivity contribution in [3.05, 3.63) is 58.9 Å². The fourth-order valence-corrected chi connectivity index (χ4v) is 5.58. The summed E-state index contributed by atoms with van der Waals surface area (Å²) in [7, 11) is 0. The predicted molar refractivity (Wildman–Crippen MR) is 135 cm³/mol. The first-order valence-electron chi connectivity index (χ1n) is 13.5. The monoisotopic (exact) mass is 506 g/mol. The minimum atomic E-state index is -1.59. The number of aromatic carboxylic acids is 1. The lowest BCUT2D eigenvalue weighted by Gasteiger charge is -2.31. The van der Waals surface area contributed by atoms with Gasteiger partial charge in [0, 0.05) is 6.42 Å². The molecule has 2 aromatic rings. The van der Waals surface area contributed by atoms with Crippen LogP contribution >= 0.6 is 0 Å². The van der Waals surface area contributed by atoms with E-state index in [2.05, 4.69) is 6.92 Å². The lowest BCUT2D eigenvalue weighted by atomic mass is 9.76. The highest BCUT2D eigenvalue weighted by molar-refractivity contribution is 5.92. The minimum Gasteiger partial charge on any atom is -0.478 e. The maximum absolute atomic E-state index is 15.5. The third-order valence-corrected chi connectivity index (χ3v) is 7.72. The smallest absolute Gasteiger partial charge is 0.335 e. The number of rotatable bonds is 13. The quantitative estimate of drug-likeness (QED) is 0.167. The van der Waals surface area contributed by atoms with Gasteiger partial charge in [-0.15, -0.1) is 0 Å². The Balaban J connectivity index is 1.62. The van der Waals surface area contributed by atoms with Gasteiger partial charge < -0.3 is 5.11 Å². The van der Waals surface area contributed by atoms with Crippen molar-refractivity contribution < 1.29 is 27.5 Å². The number of hydrogen-bond acceptors (Lipinski definition) is 1. The van der Waals surface area contributed by atoms with Crippen molar-refractivity contribution in [3.8, 4) is 11.1 Å². The van der Waals surface area contributed by atoms with Crippen LogP contribution in [0.5, 0.6) is 0 Å². The van der Waals surface area contributed by atoms with Gasteiger partial charge in [0.25, 0.3) is 0 Å². The van der Waals surface area contributed by atoms with Crippen LogP contribution < -0.4 is 0 Å². The molecule has 2 aromatic carbocycles. The number of carbonyl (C=O) groups is 1. The normalized spacial score (nSPS) is 18.8. The van der Waals surface area contributed by atoms with Crippen LogP contribution in [0.15, 0.2) is 30.3 Å². The molecule has 1 aliphatic rings. The van der Waals surface area contributed by atoms with E-state index < -0.39 is 29.6 Å². The standard InChI is InChI=1S/C30H38F4O2/c1-2-3-4-5-6-7-8-10-20-13-15-21(16-14-20)26(31)19-25-23(11-9-12-24(25)30(35)36)22-17-27(32)29(34)28(33)18-22/h9,11-12,17-18,20-21,26H,2-8,10,13-16,19H2,1H3,(H,35,36)/t20-,21-,26?. The number of alkyl halides is 1. The number of hydrogen-bond donors (Lipinski definition) is 1.